The zero-order valence-corrected chi connectivity index (χ0v) is 14.1. The lowest BCUT2D eigenvalue weighted by Crippen LogP contribution is -2.27. The van der Waals surface area contributed by atoms with E-state index in [1.165, 1.54) is 25.7 Å². The lowest BCUT2D eigenvalue weighted by atomic mass is 9.97. The van der Waals surface area contributed by atoms with E-state index in [1.54, 1.807) is 20.8 Å². The maximum absolute atomic E-state index is 11.7. The lowest BCUT2D eigenvalue weighted by molar-refractivity contribution is -0.160. The monoisotopic (exact) mass is 300 g/mol. The van der Waals surface area contributed by atoms with Crippen molar-refractivity contribution in [2.75, 3.05) is 0 Å². The first-order valence-corrected chi connectivity index (χ1v) is 8.21. The molecular formula is C17H32O4. The van der Waals surface area contributed by atoms with Gasteiger partial charge in [-0.25, -0.2) is 0 Å². The van der Waals surface area contributed by atoms with E-state index in [0.717, 1.165) is 19.3 Å². The molecule has 0 heterocycles. The minimum Gasteiger partial charge on any atom is -0.481 e. The number of esters is 1. The van der Waals surface area contributed by atoms with E-state index in [4.69, 9.17) is 4.74 Å². The van der Waals surface area contributed by atoms with E-state index in [-0.39, 0.29) is 6.42 Å². The third kappa shape index (κ3) is 12.4. The number of ether oxygens (including phenoxy) is 1. The number of hydrogen-bond donors (Lipinski definition) is 1. The van der Waals surface area contributed by atoms with Crippen molar-refractivity contribution in [3.8, 4) is 0 Å². The molecular weight excluding hydrogens is 268 g/mol. The Morgan fingerprint density at radius 3 is 2.00 bits per heavy atom. The Balaban J connectivity index is 3.93. The fraction of sp³-hybridized carbons (Fsp3) is 0.882. The van der Waals surface area contributed by atoms with E-state index in [1.807, 2.05) is 0 Å². The van der Waals surface area contributed by atoms with Gasteiger partial charge >= 0.3 is 11.9 Å². The second-order valence-electron chi connectivity index (χ2n) is 6.74. The summed E-state index contributed by atoms with van der Waals surface area (Å²) in [5.41, 5.74) is -0.556. The van der Waals surface area contributed by atoms with Gasteiger partial charge in [0.15, 0.2) is 0 Å². The average Bonchev–Trinajstić information content (AvgIpc) is 2.33. The number of hydrogen-bond acceptors (Lipinski definition) is 3. The number of rotatable bonds is 11. The zero-order valence-electron chi connectivity index (χ0n) is 14.1. The van der Waals surface area contributed by atoms with Crippen LogP contribution in [-0.2, 0) is 14.3 Å². The maximum atomic E-state index is 11.7. The summed E-state index contributed by atoms with van der Waals surface area (Å²) >= 11 is 0. The molecule has 0 aliphatic heterocycles. The summed E-state index contributed by atoms with van der Waals surface area (Å²) in [6.45, 7) is 7.55. The Morgan fingerprint density at radius 1 is 1.00 bits per heavy atom. The van der Waals surface area contributed by atoms with Crippen LogP contribution in [0.1, 0.15) is 85.5 Å². The van der Waals surface area contributed by atoms with Gasteiger partial charge in [0, 0.05) is 0 Å². The van der Waals surface area contributed by atoms with Crippen molar-refractivity contribution in [3.05, 3.63) is 0 Å². The molecule has 0 aliphatic rings. The van der Waals surface area contributed by atoms with Gasteiger partial charge in [0.2, 0.25) is 0 Å². The molecule has 21 heavy (non-hydrogen) atoms. The van der Waals surface area contributed by atoms with Crippen LogP contribution >= 0.6 is 0 Å². The Kier molecular flexibility index (Phi) is 10.1. The van der Waals surface area contributed by atoms with Crippen LogP contribution < -0.4 is 0 Å². The van der Waals surface area contributed by atoms with Gasteiger partial charge in [-0.2, -0.15) is 0 Å². The minimum atomic E-state index is -0.896. The average molecular weight is 300 g/mol. The van der Waals surface area contributed by atoms with Crippen LogP contribution in [0.5, 0.6) is 0 Å². The van der Waals surface area contributed by atoms with Gasteiger partial charge in [-0.15, -0.1) is 0 Å². The van der Waals surface area contributed by atoms with Gasteiger partial charge in [-0.3, -0.25) is 9.59 Å². The third-order valence-electron chi connectivity index (χ3n) is 3.34. The van der Waals surface area contributed by atoms with Crippen molar-refractivity contribution in [1.82, 2.24) is 0 Å². The molecule has 0 aromatic rings. The molecule has 0 aromatic heterocycles. The molecule has 0 saturated carbocycles. The molecule has 0 saturated heterocycles. The molecule has 4 nitrogen and oxygen atoms in total. The molecule has 0 radical (unpaired) electrons. The van der Waals surface area contributed by atoms with Crippen LogP contribution in [0, 0.1) is 5.92 Å². The van der Waals surface area contributed by atoms with Crippen molar-refractivity contribution >= 4 is 11.9 Å². The molecule has 4 heteroatoms. The van der Waals surface area contributed by atoms with Crippen LogP contribution in [0.15, 0.2) is 0 Å². The van der Waals surface area contributed by atoms with Crippen LogP contribution in [0.4, 0.5) is 0 Å². The van der Waals surface area contributed by atoms with E-state index in [0.29, 0.717) is 6.42 Å². The summed E-state index contributed by atoms with van der Waals surface area (Å²) < 4.78 is 5.19. The van der Waals surface area contributed by atoms with Gasteiger partial charge in [-0.05, 0) is 27.2 Å². The molecule has 0 aromatic carbocycles. The Labute approximate surface area is 129 Å². The smallest absolute Gasteiger partial charge is 0.307 e. The third-order valence-corrected chi connectivity index (χ3v) is 3.34. The van der Waals surface area contributed by atoms with Crippen molar-refractivity contribution in [2.45, 2.75) is 91.1 Å². The fourth-order valence-electron chi connectivity index (χ4n) is 2.25. The SMILES string of the molecule is CCCCCCCCCC(CC(=O)OC(C)(C)C)C(=O)O. The van der Waals surface area contributed by atoms with E-state index < -0.39 is 23.5 Å². The quantitative estimate of drug-likeness (QED) is 0.449. The van der Waals surface area contributed by atoms with Gasteiger partial charge in [0.05, 0.1) is 12.3 Å². The van der Waals surface area contributed by atoms with Crippen LogP contribution in [-0.4, -0.2) is 22.6 Å². The molecule has 1 atom stereocenters. The number of carbonyl (C=O) groups excluding carboxylic acids is 1. The molecule has 0 aliphatic carbocycles. The van der Waals surface area contributed by atoms with E-state index in [9.17, 15) is 14.7 Å². The Morgan fingerprint density at radius 2 is 1.52 bits per heavy atom. The van der Waals surface area contributed by atoms with Gasteiger partial charge in [-0.1, -0.05) is 51.9 Å². The van der Waals surface area contributed by atoms with E-state index >= 15 is 0 Å². The molecule has 124 valence electrons. The van der Waals surface area contributed by atoms with Crippen molar-refractivity contribution < 1.29 is 19.4 Å². The number of carbonyl (C=O) groups is 2. The van der Waals surface area contributed by atoms with Gasteiger partial charge < -0.3 is 9.84 Å². The standard InChI is InChI=1S/C17H32O4/c1-5-6-7-8-9-10-11-12-14(16(19)20)13-15(18)21-17(2,3)4/h14H,5-13H2,1-4H3,(H,19,20). The Bertz CT molecular complexity index is 304. The summed E-state index contributed by atoms with van der Waals surface area (Å²) in [7, 11) is 0. The number of carboxylic acids is 1. The fourth-order valence-corrected chi connectivity index (χ4v) is 2.25. The molecule has 1 N–H and O–H groups in total. The first-order chi connectivity index (χ1) is 9.76. The summed E-state index contributed by atoms with van der Waals surface area (Å²) in [5.74, 6) is -1.93. The summed E-state index contributed by atoms with van der Waals surface area (Å²) in [6.07, 6.45) is 8.58. The summed E-state index contributed by atoms with van der Waals surface area (Å²) in [6, 6.07) is 0. The number of aliphatic carboxylic acids is 1. The van der Waals surface area contributed by atoms with Gasteiger partial charge in [0.1, 0.15) is 5.60 Å². The van der Waals surface area contributed by atoms with Crippen molar-refractivity contribution in [1.29, 1.82) is 0 Å². The highest BCUT2D eigenvalue weighted by molar-refractivity contribution is 5.78. The largest absolute Gasteiger partial charge is 0.481 e. The predicted octanol–water partition coefficient (Wildman–Crippen LogP) is 4.56. The molecule has 0 spiro atoms. The second kappa shape index (κ2) is 10.6. The highest BCUT2D eigenvalue weighted by Crippen LogP contribution is 2.18. The molecule has 0 fully saturated rings. The molecule has 0 rings (SSSR count). The van der Waals surface area contributed by atoms with Crippen LogP contribution in [0.25, 0.3) is 0 Å². The van der Waals surface area contributed by atoms with Gasteiger partial charge in [0.25, 0.3) is 0 Å². The number of unbranched alkanes of at least 4 members (excludes halogenated alkanes) is 6. The first kappa shape index (κ1) is 19.9. The molecule has 1 unspecified atom stereocenters. The van der Waals surface area contributed by atoms with Crippen molar-refractivity contribution in [3.63, 3.8) is 0 Å². The second-order valence-corrected chi connectivity index (χ2v) is 6.74. The van der Waals surface area contributed by atoms with Crippen molar-refractivity contribution in [2.24, 2.45) is 5.92 Å². The highest BCUT2D eigenvalue weighted by atomic mass is 16.6. The van der Waals surface area contributed by atoms with E-state index in [2.05, 4.69) is 6.92 Å². The topological polar surface area (TPSA) is 63.6 Å². The number of carboxylic acid groups (broad SMARTS) is 1. The lowest BCUT2D eigenvalue weighted by Gasteiger charge is -2.21. The summed E-state index contributed by atoms with van der Waals surface area (Å²) in [5, 5.41) is 9.19. The minimum absolute atomic E-state index is 0.0254. The maximum Gasteiger partial charge on any atom is 0.307 e. The first-order valence-electron chi connectivity index (χ1n) is 8.21. The highest BCUT2D eigenvalue weighted by Gasteiger charge is 2.24. The Hall–Kier alpha value is -1.06. The predicted molar refractivity (Wildman–Crippen MR) is 84.2 cm³/mol. The normalized spacial score (nSPS) is 13.0. The zero-order chi connectivity index (χ0) is 16.3. The van der Waals surface area contributed by atoms with Crippen LogP contribution in [0.2, 0.25) is 0 Å². The molecule has 0 amide bonds. The van der Waals surface area contributed by atoms with Crippen LogP contribution in [0.3, 0.4) is 0 Å². The summed E-state index contributed by atoms with van der Waals surface area (Å²) in [4.78, 5) is 22.9. The molecule has 0 bridgehead atoms.